The third kappa shape index (κ3) is 4.11. The van der Waals surface area contributed by atoms with Crippen molar-refractivity contribution >= 4 is 27.3 Å². The third-order valence-electron chi connectivity index (χ3n) is 3.83. The molecular formula is C14H21ClN2O2S. The Morgan fingerprint density at radius 2 is 1.95 bits per heavy atom. The number of nitrogens with one attached hydrogen (secondary N) is 1. The molecule has 0 aliphatic heterocycles. The van der Waals surface area contributed by atoms with Crippen LogP contribution in [0.4, 0.5) is 5.69 Å². The first-order chi connectivity index (χ1) is 9.49. The van der Waals surface area contributed by atoms with Crippen LogP contribution in [0.2, 0.25) is 5.02 Å². The highest BCUT2D eigenvalue weighted by atomic mass is 35.5. The van der Waals surface area contributed by atoms with Gasteiger partial charge in [0.05, 0.1) is 5.69 Å². The molecule has 3 N–H and O–H groups in total. The molecule has 0 saturated heterocycles. The van der Waals surface area contributed by atoms with Crippen molar-refractivity contribution in [2.24, 2.45) is 5.92 Å². The fraction of sp³-hybridized carbons (Fsp3) is 0.571. The summed E-state index contributed by atoms with van der Waals surface area (Å²) in [6.07, 6.45) is 7.16. The van der Waals surface area contributed by atoms with Gasteiger partial charge < -0.3 is 5.73 Å². The van der Waals surface area contributed by atoms with E-state index in [1.54, 1.807) is 0 Å². The molecule has 0 unspecified atom stereocenters. The van der Waals surface area contributed by atoms with E-state index in [9.17, 15) is 8.42 Å². The molecule has 6 heteroatoms. The Balaban J connectivity index is 1.93. The highest BCUT2D eigenvalue weighted by Crippen LogP contribution is 2.26. The Bertz CT molecular complexity index is 554. The van der Waals surface area contributed by atoms with E-state index in [0.29, 0.717) is 17.5 Å². The molecular weight excluding hydrogens is 296 g/mol. The van der Waals surface area contributed by atoms with Gasteiger partial charge in [0, 0.05) is 11.6 Å². The van der Waals surface area contributed by atoms with Crippen LogP contribution in [-0.2, 0) is 10.0 Å². The molecule has 20 heavy (non-hydrogen) atoms. The highest BCUT2D eigenvalue weighted by molar-refractivity contribution is 7.89. The Kier molecular flexibility index (Phi) is 5.29. The van der Waals surface area contributed by atoms with E-state index in [4.69, 9.17) is 17.3 Å². The normalized spacial score (nSPS) is 17.2. The fourth-order valence-corrected chi connectivity index (χ4v) is 4.05. The molecule has 2 rings (SSSR count). The van der Waals surface area contributed by atoms with Gasteiger partial charge in [-0.3, -0.25) is 0 Å². The van der Waals surface area contributed by atoms with Crippen molar-refractivity contribution in [3.8, 4) is 0 Å². The maximum absolute atomic E-state index is 12.2. The Labute approximate surface area is 125 Å². The average Bonchev–Trinajstić information content (AvgIpc) is 2.39. The summed E-state index contributed by atoms with van der Waals surface area (Å²) in [5.74, 6) is 0.647. The second kappa shape index (κ2) is 6.78. The van der Waals surface area contributed by atoms with Crippen molar-refractivity contribution < 1.29 is 8.42 Å². The number of halogens is 1. The molecule has 0 bridgehead atoms. The number of nitrogen functional groups attached to an aromatic ring is 1. The summed E-state index contributed by atoms with van der Waals surface area (Å²) < 4.78 is 27.0. The van der Waals surface area contributed by atoms with E-state index in [0.717, 1.165) is 6.42 Å². The minimum Gasteiger partial charge on any atom is -0.398 e. The zero-order valence-electron chi connectivity index (χ0n) is 11.4. The van der Waals surface area contributed by atoms with Crippen LogP contribution in [0, 0.1) is 5.92 Å². The standard InChI is InChI=1S/C14H21ClN2O2S/c15-12-6-7-14(13(16)10-12)20(18,19)17-9-8-11-4-2-1-3-5-11/h6-7,10-11,17H,1-5,8-9,16H2. The lowest BCUT2D eigenvalue weighted by Crippen LogP contribution is -2.27. The Morgan fingerprint density at radius 3 is 2.60 bits per heavy atom. The van der Waals surface area contributed by atoms with Gasteiger partial charge in [0.25, 0.3) is 0 Å². The molecule has 1 fully saturated rings. The molecule has 1 saturated carbocycles. The summed E-state index contributed by atoms with van der Waals surface area (Å²) in [5.41, 5.74) is 5.90. The van der Waals surface area contributed by atoms with Gasteiger partial charge in [0.1, 0.15) is 4.90 Å². The van der Waals surface area contributed by atoms with Gasteiger partial charge in [-0.25, -0.2) is 13.1 Å². The maximum atomic E-state index is 12.2. The molecule has 0 spiro atoms. The minimum atomic E-state index is -3.54. The zero-order chi connectivity index (χ0) is 14.6. The summed E-state index contributed by atoms with van der Waals surface area (Å²) in [7, 11) is -3.54. The van der Waals surface area contributed by atoms with Gasteiger partial charge in [-0.15, -0.1) is 0 Å². The Morgan fingerprint density at radius 1 is 1.25 bits per heavy atom. The summed E-state index contributed by atoms with van der Waals surface area (Å²) in [5, 5.41) is 0.434. The lowest BCUT2D eigenvalue weighted by Gasteiger charge is -2.21. The predicted molar refractivity (Wildman–Crippen MR) is 82.2 cm³/mol. The second-order valence-electron chi connectivity index (χ2n) is 5.37. The topological polar surface area (TPSA) is 72.2 Å². The third-order valence-corrected chi connectivity index (χ3v) is 5.60. The fourth-order valence-electron chi connectivity index (χ4n) is 2.72. The number of hydrogen-bond acceptors (Lipinski definition) is 3. The van der Waals surface area contributed by atoms with E-state index in [2.05, 4.69) is 4.72 Å². The zero-order valence-corrected chi connectivity index (χ0v) is 13.0. The summed E-state index contributed by atoms with van der Waals surface area (Å²) in [6.45, 7) is 0.467. The SMILES string of the molecule is Nc1cc(Cl)ccc1S(=O)(=O)NCCC1CCCCC1. The van der Waals surface area contributed by atoms with Gasteiger partial charge in [-0.2, -0.15) is 0 Å². The lowest BCUT2D eigenvalue weighted by atomic mass is 9.87. The molecule has 1 aliphatic rings. The van der Waals surface area contributed by atoms with E-state index in [1.165, 1.54) is 50.3 Å². The van der Waals surface area contributed by atoms with Crippen molar-refractivity contribution in [1.82, 2.24) is 4.72 Å². The first-order valence-electron chi connectivity index (χ1n) is 7.04. The largest absolute Gasteiger partial charge is 0.398 e. The summed E-state index contributed by atoms with van der Waals surface area (Å²) in [6, 6.07) is 4.44. The number of anilines is 1. The minimum absolute atomic E-state index is 0.102. The quantitative estimate of drug-likeness (QED) is 0.819. The number of hydrogen-bond donors (Lipinski definition) is 2. The van der Waals surface area contributed by atoms with Gasteiger partial charge in [0.15, 0.2) is 0 Å². The number of sulfonamides is 1. The van der Waals surface area contributed by atoms with E-state index in [1.807, 2.05) is 0 Å². The smallest absolute Gasteiger partial charge is 0.242 e. The van der Waals surface area contributed by atoms with Crippen molar-refractivity contribution in [3.05, 3.63) is 23.2 Å². The van der Waals surface area contributed by atoms with Crippen LogP contribution >= 0.6 is 11.6 Å². The molecule has 0 atom stereocenters. The van der Waals surface area contributed by atoms with Gasteiger partial charge in [-0.1, -0.05) is 43.7 Å². The van der Waals surface area contributed by atoms with Gasteiger partial charge >= 0.3 is 0 Å². The molecule has 112 valence electrons. The van der Waals surface area contributed by atoms with Crippen molar-refractivity contribution in [3.63, 3.8) is 0 Å². The lowest BCUT2D eigenvalue weighted by molar-refractivity contribution is 0.339. The molecule has 1 aliphatic carbocycles. The second-order valence-corrected chi connectivity index (χ2v) is 7.54. The predicted octanol–water partition coefficient (Wildman–Crippen LogP) is 3.17. The summed E-state index contributed by atoms with van der Waals surface area (Å²) in [4.78, 5) is 0.102. The summed E-state index contributed by atoms with van der Waals surface area (Å²) >= 11 is 5.78. The molecule has 1 aromatic rings. The van der Waals surface area contributed by atoms with Gasteiger partial charge in [-0.05, 0) is 30.5 Å². The monoisotopic (exact) mass is 316 g/mol. The molecule has 0 radical (unpaired) electrons. The molecule has 0 amide bonds. The molecule has 1 aromatic carbocycles. The van der Waals surface area contributed by atoms with Crippen molar-refractivity contribution in [2.75, 3.05) is 12.3 Å². The number of rotatable bonds is 5. The van der Waals surface area contributed by atoms with Crippen LogP contribution in [0.25, 0.3) is 0 Å². The van der Waals surface area contributed by atoms with E-state index < -0.39 is 10.0 Å². The van der Waals surface area contributed by atoms with Gasteiger partial charge in [0.2, 0.25) is 10.0 Å². The maximum Gasteiger partial charge on any atom is 0.242 e. The average molecular weight is 317 g/mol. The number of benzene rings is 1. The van der Waals surface area contributed by atoms with Crippen LogP contribution in [0.5, 0.6) is 0 Å². The molecule has 0 heterocycles. The Hall–Kier alpha value is -0.780. The molecule has 4 nitrogen and oxygen atoms in total. The first-order valence-corrected chi connectivity index (χ1v) is 8.90. The number of nitrogens with two attached hydrogens (primary N) is 1. The van der Waals surface area contributed by atoms with E-state index >= 15 is 0 Å². The van der Waals surface area contributed by atoms with Crippen molar-refractivity contribution in [2.45, 2.75) is 43.4 Å². The van der Waals surface area contributed by atoms with Crippen LogP contribution in [0.3, 0.4) is 0 Å². The van der Waals surface area contributed by atoms with Crippen LogP contribution in [0.1, 0.15) is 38.5 Å². The first kappa shape index (κ1) is 15.6. The van der Waals surface area contributed by atoms with E-state index in [-0.39, 0.29) is 10.6 Å². The van der Waals surface area contributed by atoms with Crippen LogP contribution < -0.4 is 10.5 Å². The highest BCUT2D eigenvalue weighted by Gasteiger charge is 2.19. The molecule has 0 aromatic heterocycles. The van der Waals surface area contributed by atoms with Crippen LogP contribution in [0.15, 0.2) is 23.1 Å². The van der Waals surface area contributed by atoms with Crippen molar-refractivity contribution in [1.29, 1.82) is 0 Å². The van der Waals surface area contributed by atoms with Crippen LogP contribution in [-0.4, -0.2) is 15.0 Å².